The predicted octanol–water partition coefficient (Wildman–Crippen LogP) is 2.91. The number of ether oxygens (including phenoxy) is 1. The fourth-order valence-electron chi connectivity index (χ4n) is 3.07. The SMILES string of the molecule is COc1ccc(C(=O)Nc2ccccn2)cc1S(=O)(=O)N1CCCCCC1. The fourth-order valence-corrected chi connectivity index (χ4v) is 4.76. The summed E-state index contributed by atoms with van der Waals surface area (Å²) in [6, 6.07) is 9.59. The van der Waals surface area contributed by atoms with Crippen molar-refractivity contribution < 1.29 is 17.9 Å². The van der Waals surface area contributed by atoms with E-state index in [9.17, 15) is 13.2 Å². The minimum atomic E-state index is -3.74. The smallest absolute Gasteiger partial charge is 0.256 e. The van der Waals surface area contributed by atoms with Gasteiger partial charge in [0.15, 0.2) is 0 Å². The monoisotopic (exact) mass is 389 g/mol. The summed E-state index contributed by atoms with van der Waals surface area (Å²) in [5.74, 6) is 0.201. The van der Waals surface area contributed by atoms with Crippen molar-refractivity contribution in [1.82, 2.24) is 9.29 Å². The summed E-state index contributed by atoms with van der Waals surface area (Å²) in [6.45, 7) is 0.964. The van der Waals surface area contributed by atoms with Crippen LogP contribution in [0.4, 0.5) is 5.82 Å². The first-order valence-electron chi connectivity index (χ1n) is 8.93. The summed E-state index contributed by atoms with van der Waals surface area (Å²) in [4.78, 5) is 16.6. The fraction of sp³-hybridized carbons (Fsp3) is 0.368. The van der Waals surface area contributed by atoms with Crippen molar-refractivity contribution in [2.45, 2.75) is 30.6 Å². The summed E-state index contributed by atoms with van der Waals surface area (Å²) in [5, 5.41) is 2.66. The second kappa shape index (κ2) is 8.49. The molecule has 8 heteroatoms. The molecule has 0 atom stereocenters. The quantitative estimate of drug-likeness (QED) is 0.849. The minimum Gasteiger partial charge on any atom is -0.495 e. The van der Waals surface area contributed by atoms with E-state index in [0.717, 1.165) is 25.7 Å². The Morgan fingerprint density at radius 2 is 1.85 bits per heavy atom. The first-order valence-corrected chi connectivity index (χ1v) is 10.4. The van der Waals surface area contributed by atoms with Gasteiger partial charge < -0.3 is 10.1 Å². The van der Waals surface area contributed by atoms with Gasteiger partial charge in [0, 0.05) is 24.8 Å². The van der Waals surface area contributed by atoms with Crippen molar-refractivity contribution in [3.8, 4) is 5.75 Å². The zero-order chi connectivity index (χ0) is 19.3. The third kappa shape index (κ3) is 4.45. The number of nitrogens with one attached hydrogen (secondary N) is 1. The summed E-state index contributed by atoms with van der Waals surface area (Å²) in [7, 11) is -2.32. The largest absolute Gasteiger partial charge is 0.495 e. The minimum absolute atomic E-state index is 0.0144. The lowest BCUT2D eigenvalue weighted by atomic mass is 10.2. The molecule has 2 heterocycles. The van der Waals surface area contributed by atoms with E-state index in [2.05, 4.69) is 10.3 Å². The molecule has 1 aromatic carbocycles. The van der Waals surface area contributed by atoms with Crippen molar-refractivity contribution >= 4 is 21.7 Å². The number of aromatic nitrogens is 1. The third-order valence-electron chi connectivity index (χ3n) is 4.52. The highest BCUT2D eigenvalue weighted by Gasteiger charge is 2.29. The van der Waals surface area contributed by atoms with E-state index in [-0.39, 0.29) is 16.2 Å². The molecule has 0 aliphatic carbocycles. The van der Waals surface area contributed by atoms with Crippen LogP contribution >= 0.6 is 0 Å². The Labute approximate surface area is 159 Å². The Balaban J connectivity index is 1.92. The normalized spacial score (nSPS) is 15.7. The number of hydrogen-bond acceptors (Lipinski definition) is 5. The van der Waals surface area contributed by atoms with Gasteiger partial charge in [-0.3, -0.25) is 4.79 Å². The number of carbonyl (C=O) groups excluding carboxylic acids is 1. The van der Waals surface area contributed by atoms with Gasteiger partial charge in [0.25, 0.3) is 5.91 Å². The highest BCUT2D eigenvalue weighted by Crippen LogP contribution is 2.29. The lowest BCUT2D eigenvalue weighted by Gasteiger charge is -2.21. The zero-order valence-electron chi connectivity index (χ0n) is 15.2. The van der Waals surface area contributed by atoms with E-state index < -0.39 is 15.9 Å². The number of anilines is 1. The molecule has 1 N–H and O–H groups in total. The van der Waals surface area contributed by atoms with Crippen molar-refractivity contribution in [1.29, 1.82) is 0 Å². The lowest BCUT2D eigenvalue weighted by Crippen LogP contribution is -2.32. The second-order valence-corrected chi connectivity index (χ2v) is 8.26. The summed E-state index contributed by atoms with van der Waals surface area (Å²) in [6.07, 6.45) is 5.28. The van der Waals surface area contributed by atoms with Crippen LogP contribution in [0.1, 0.15) is 36.0 Å². The number of hydrogen-bond donors (Lipinski definition) is 1. The molecule has 2 aromatic rings. The molecular formula is C19H23N3O4S. The Kier molecular flexibility index (Phi) is 6.08. The van der Waals surface area contributed by atoms with Crippen LogP contribution in [0.15, 0.2) is 47.5 Å². The molecule has 1 aromatic heterocycles. The molecule has 1 fully saturated rings. The van der Waals surface area contributed by atoms with Crippen LogP contribution in [-0.4, -0.2) is 43.8 Å². The standard InChI is InChI=1S/C19H23N3O4S/c1-26-16-10-9-15(19(23)21-18-8-4-5-11-20-18)14-17(16)27(24,25)22-12-6-2-3-7-13-22/h4-5,8-11,14H,2-3,6-7,12-13H2,1H3,(H,20,21,23). The maximum Gasteiger partial charge on any atom is 0.256 e. The maximum atomic E-state index is 13.2. The molecular weight excluding hydrogens is 366 g/mol. The average Bonchev–Trinajstić information content (AvgIpc) is 2.98. The molecule has 1 aliphatic heterocycles. The Hall–Kier alpha value is -2.45. The zero-order valence-corrected chi connectivity index (χ0v) is 16.0. The number of pyridine rings is 1. The van der Waals surface area contributed by atoms with E-state index in [4.69, 9.17) is 4.74 Å². The van der Waals surface area contributed by atoms with E-state index in [1.54, 1.807) is 30.5 Å². The molecule has 0 bridgehead atoms. The van der Waals surface area contributed by atoms with Crippen LogP contribution in [-0.2, 0) is 10.0 Å². The van der Waals surface area contributed by atoms with Gasteiger partial charge in [0.05, 0.1) is 7.11 Å². The maximum absolute atomic E-state index is 13.2. The first kappa shape index (κ1) is 19.3. The van der Waals surface area contributed by atoms with Gasteiger partial charge in [0.2, 0.25) is 10.0 Å². The molecule has 7 nitrogen and oxygen atoms in total. The van der Waals surface area contributed by atoms with Gasteiger partial charge in [-0.2, -0.15) is 4.31 Å². The number of carbonyl (C=O) groups is 1. The predicted molar refractivity (Wildman–Crippen MR) is 102 cm³/mol. The number of amides is 1. The topological polar surface area (TPSA) is 88.6 Å². The van der Waals surface area contributed by atoms with Gasteiger partial charge in [-0.25, -0.2) is 13.4 Å². The van der Waals surface area contributed by atoms with Gasteiger partial charge in [-0.15, -0.1) is 0 Å². The van der Waals surface area contributed by atoms with Gasteiger partial charge in [-0.1, -0.05) is 18.9 Å². The summed E-state index contributed by atoms with van der Waals surface area (Å²) in [5.41, 5.74) is 0.231. The molecule has 0 unspecified atom stereocenters. The molecule has 3 rings (SSSR count). The van der Waals surface area contributed by atoms with Gasteiger partial charge in [0.1, 0.15) is 16.5 Å². The van der Waals surface area contributed by atoms with Crippen LogP contribution < -0.4 is 10.1 Å². The number of nitrogens with zero attached hydrogens (tertiary/aromatic N) is 2. The molecule has 0 spiro atoms. The van der Waals surface area contributed by atoms with E-state index in [1.807, 2.05) is 0 Å². The van der Waals surface area contributed by atoms with Crippen LogP contribution in [0, 0.1) is 0 Å². The molecule has 144 valence electrons. The van der Waals surface area contributed by atoms with E-state index in [1.165, 1.54) is 23.5 Å². The van der Waals surface area contributed by atoms with Crippen LogP contribution in [0.2, 0.25) is 0 Å². The number of sulfonamides is 1. The van der Waals surface area contributed by atoms with Crippen LogP contribution in [0.3, 0.4) is 0 Å². The first-order chi connectivity index (χ1) is 13.0. The Bertz CT molecular complexity index is 892. The highest BCUT2D eigenvalue weighted by molar-refractivity contribution is 7.89. The molecule has 0 saturated carbocycles. The molecule has 1 aliphatic rings. The van der Waals surface area contributed by atoms with Crippen molar-refractivity contribution in [2.75, 3.05) is 25.5 Å². The summed E-state index contributed by atoms with van der Waals surface area (Å²) >= 11 is 0. The molecule has 1 amide bonds. The number of benzene rings is 1. The number of methoxy groups -OCH3 is 1. The van der Waals surface area contributed by atoms with Gasteiger partial charge in [-0.05, 0) is 43.2 Å². The molecule has 1 saturated heterocycles. The van der Waals surface area contributed by atoms with Crippen molar-refractivity contribution in [2.24, 2.45) is 0 Å². The lowest BCUT2D eigenvalue weighted by molar-refractivity contribution is 0.102. The van der Waals surface area contributed by atoms with Gasteiger partial charge >= 0.3 is 0 Å². The van der Waals surface area contributed by atoms with Crippen molar-refractivity contribution in [3.05, 3.63) is 48.2 Å². The van der Waals surface area contributed by atoms with E-state index in [0.29, 0.717) is 18.9 Å². The third-order valence-corrected chi connectivity index (χ3v) is 6.43. The van der Waals surface area contributed by atoms with Crippen LogP contribution in [0.25, 0.3) is 0 Å². The average molecular weight is 389 g/mol. The van der Waals surface area contributed by atoms with Crippen molar-refractivity contribution in [3.63, 3.8) is 0 Å². The summed E-state index contributed by atoms with van der Waals surface area (Å²) < 4.78 is 33.1. The molecule has 0 radical (unpaired) electrons. The Morgan fingerprint density at radius 3 is 2.48 bits per heavy atom. The van der Waals surface area contributed by atoms with E-state index >= 15 is 0 Å². The Morgan fingerprint density at radius 1 is 1.11 bits per heavy atom. The molecule has 27 heavy (non-hydrogen) atoms. The second-order valence-electron chi connectivity index (χ2n) is 6.35. The van der Waals surface area contributed by atoms with Crippen LogP contribution in [0.5, 0.6) is 5.75 Å². The number of rotatable bonds is 5. The highest BCUT2D eigenvalue weighted by atomic mass is 32.2.